The Bertz CT molecular complexity index is 361. The van der Waals surface area contributed by atoms with E-state index in [0.717, 1.165) is 65.0 Å². The lowest BCUT2D eigenvalue weighted by molar-refractivity contribution is -0.125. The van der Waals surface area contributed by atoms with Gasteiger partial charge >= 0.3 is 0 Å². The van der Waals surface area contributed by atoms with Crippen molar-refractivity contribution in [1.82, 2.24) is 10.2 Å². The molecule has 0 aromatic heterocycles. The minimum absolute atomic E-state index is 0.0891. The van der Waals surface area contributed by atoms with Crippen LogP contribution in [0, 0.1) is 0 Å². The van der Waals surface area contributed by atoms with Crippen LogP contribution in [0.1, 0.15) is 79.1 Å². The van der Waals surface area contributed by atoms with Crippen LogP contribution >= 0.6 is 0 Å². The monoisotopic (exact) mass is 370 g/mol. The van der Waals surface area contributed by atoms with Crippen LogP contribution in [0.4, 0.5) is 0 Å². The first-order valence-electron chi connectivity index (χ1n) is 10.8. The molecule has 1 rings (SSSR count). The number of amides is 1. The second-order valence-corrected chi connectivity index (χ2v) is 7.95. The van der Waals surface area contributed by atoms with Gasteiger partial charge in [-0.2, -0.15) is 0 Å². The zero-order chi connectivity index (χ0) is 19.2. The molecule has 0 bridgehead atoms. The first kappa shape index (κ1) is 23.4. The number of hydrogen-bond donors (Lipinski definition) is 1. The molecule has 1 N–H and O–H groups in total. The van der Waals surface area contributed by atoms with Crippen LogP contribution in [0.15, 0.2) is 0 Å². The zero-order valence-corrected chi connectivity index (χ0v) is 17.6. The summed E-state index contributed by atoms with van der Waals surface area (Å²) < 4.78 is 11.1. The number of unbranched alkanes of at least 4 members (excludes halogenated alkanes) is 4. The highest BCUT2D eigenvalue weighted by atomic mass is 16.5. The summed E-state index contributed by atoms with van der Waals surface area (Å²) in [6, 6.07) is 0.0891. The first-order chi connectivity index (χ1) is 12.5. The van der Waals surface area contributed by atoms with Gasteiger partial charge < -0.3 is 14.8 Å². The third-order valence-electron chi connectivity index (χ3n) is 4.78. The normalized spacial score (nSPS) is 18.2. The largest absolute Gasteiger partial charge is 0.379 e. The zero-order valence-electron chi connectivity index (χ0n) is 17.6. The Kier molecular flexibility index (Phi) is 13.0. The third-order valence-corrected chi connectivity index (χ3v) is 4.78. The van der Waals surface area contributed by atoms with E-state index in [-0.39, 0.29) is 11.9 Å². The molecule has 1 amide bonds. The molecule has 1 heterocycles. The molecular formula is C21H42N2O3. The van der Waals surface area contributed by atoms with Gasteiger partial charge in [-0.05, 0) is 79.3 Å². The molecule has 0 saturated carbocycles. The number of nitrogens with one attached hydrogen (secondary N) is 1. The van der Waals surface area contributed by atoms with Crippen molar-refractivity contribution >= 4 is 5.91 Å². The lowest BCUT2D eigenvalue weighted by Gasteiger charge is -2.23. The molecule has 5 heteroatoms. The maximum atomic E-state index is 12.4. The predicted octanol–water partition coefficient (Wildman–Crippen LogP) is 3.76. The average molecular weight is 371 g/mol. The van der Waals surface area contributed by atoms with E-state index in [4.69, 9.17) is 9.47 Å². The minimum Gasteiger partial charge on any atom is -0.379 e. The van der Waals surface area contributed by atoms with Crippen molar-refractivity contribution in [3.63, 3.8) is 0 Å². The summed E-state index contributed by atoms with van der Waals surface area (Å²) in [7, 11) is 0. The predicted molar refractivity (Wildman–Crippen MR) is 107 cm³/mol. The summed E-state index contributed by atoms with van der Waals surface area (Å²) in [5.74, 6) is 0.220. The van der Waals surface area contributed by atoms with Crippen molar-refractivity contribution in [2.24, 2.45) is 0 Å². The summed E-state index contributed by atoms with van der Waals surface area (Å²) in [6.07, 6.45) is 9.53. The molecule has 1 atom stereocenters. The highest BCUT2D eigenvalue weighted by molar-refractivity contribution is 5.81. The van der Waals surface area contributed by atoms with E-state index in [2.05, 4.69) is 37.9 Å². The minimum atomic E-state index is 0.0891. The van der Waals surface area contributed by atoms with Crippen LogP contribution in [-0.4, -0.2) is 61.9 Å². The number of likely N-dealkylation sites (tertiary alicyclic amines) is 1. The van der Waals surface area contributed by atoms with Gasteiger partial charge in [0.25, 0.3) is 0 Å². The second kappa shape index (κ2) is 14.4. The van der Waals surface area contributed by atoms with Crippen molar-refractivity contribution in [3.8, 4) is 0 Å². The maximum absolute atomic E-state index is 12.4. The summed E-state index contributed by atoms with van der Waals surface area (Å²) in [5.41, 5.74) is 0. The smallest absolute Gasteiger partial charge is 0.237 e. The highest BCUT2D eigenvalue weighted by Crippen LogP contribution is 2.18. The maximum Gasteiger partial charge on any atom is 0.237 e. The molecule has 0 aromatic carbocycles. The molecule has 1 aliphatic rings. The van der Waals surface area contributed by atoms with Gasteiger partial charge in [-0.1, -0.05) is 12.8 Å². The van der Waals surface area contributed by atoms with Crippen LogP contribution in [0.2, 0.25) is 0 Å². The fourth-order valence-corrected chi connectivity index (χ4v) is 3.36. The van der Waals surface area contributed by atoms with E-state index in [9.17, 15) is 4.79 Å². The van der Waals surface area contributed by atoms with Gasteiger partial charge in [0, 0.05) is 19.8 Å². The average Bonchev–Trinajstić information content (AvgIpc) is 3.05. The highest BCUT2D eigenvalue weighted by Gasteiger charge is 2.29. The molecule has 0 aromatic rings. The Morgan fingerprint density at radius 1 is 0.962 bits per heavy atom. The Morgan fingerprint density at radius 3 is 2.23 bits per heavy atom. The number of nitrogens with zero attached hydrogens (tertiary/aromatic N) is 1. The van der Waals surface area contributed by atoms with E-state index in [1.165, 1.54) is 19.3 Å². The van der Waals surface area contributed by atoms with Gasteiger partial charge in [0.1, 0.15) is 0 Å². The van der Waals surface area contributed by atoms with E-state index in [1.807, 2.05) is 0 Å². The second-order valence-electron chi connectivity index (χ2n) is 7.95. The molecule has 0 radical (unpaired) electrons. The van der Waals surface area contributed by atoms with Gasteiger partial charge in [0.05, 0.1) is 18.2 Å². The summed E-state index contributed by atoms with van der Waals surface area (Å²) in [5, 5.41) is 3.12. The number of ether oxygens (including phenoxy) is 2. The van der Waals surface area contributed by atoms with Gasteiger partial charge in [-0.3, -0.25) is 9.69 Å². The van der Waals surface area contributed by atoms with Crippen molar-refractivity contribution in [3.05, 3.63) is 0 Å². The van der Waals surface area contributed by atoms with Crippen LogP contribution in [0.25, 0.3) is 0 Å². The molecule has 0 spiro atoms. The summed E-state index contributed by atoms with van der Waals surface area (Å²) >= 11 is 0. The molecule has 0 aliphatic carbocycles. The lowest BCUT2D eigenvalue weighted by atomic mass is 10.1. The molecule has 1 fully saturated rings. The van der Waals surface area contributed by atoms with Crippen molar-refractivity contribution in [1.29, 1.82) is 0 Å². The molecule has 5 nitrogen and oxygen atoms in total. The van der Waals surface area contributed by atoms with E-state index in [1.54, 1.807) is 0 Å². The molecule has 154 valence electrons. The van der Waals surface area contributed by atoms with Crippen LogP contribution < -0.4 is 5.32 Å². The Hall–Kier alpha value is -0.650. The van der Waals surface area contributed by atoms with Gasteiger partial charge in [0.2, 0.25) is 5.91 Å². The summed E-state index contributed by atoms with van der Waals surface area (Å²) in [4.78, 5) is 14.8. The quantitative estimate of drug-likeness (QED) is 0.446. The van der Waals surface area contributed by atoms with E-state index in [0.29, 0.717) is 12.2 Å². The molecule has 26 heavy (non-hydrogen) atoms. The van der Waals surface area contributed by atoms with Crippen molar-refractivity contribution < 1.29 is 14.3 Å². The van der Waals surface area contributed by atoms with Gasteiger partial charge in [-0.15, -0.1) is 0 Å². The van der Waals surface area contributed by atoms with Gasteiger partial charge in [-0.25, -0.2) is 0 Å². The third kappa shape index (κ3) is 11.1. The number of rotatable bonds is 15. The first-order valence-corrected chi connectivity index (χ1v) is 10.8. The van der Waals surface area contributed by atoms with Crippen LogP contribution in [0.5, 0.6) is 0 Å². The van der Waals surface area contributed by atoms with Gasteiger partial charge in [0.15, 0.2) is 0 Å². The molecule has 1 saturated heterocycles. The molecule has 1 unspecified atom stereocenters. The number of carbonyl (C=O) groups is 1. The fraction of sp³-hybridized carbons (Fsp3) is 0.952. The SMILES string of the molecule is CC(C)OCCCCCCN1CCCC1C(=O)NCCCCOC(C)C. The van der Waals surface area contributed by atoms with E-state index >= 15 is 0 Å². The number of hydrogen-bond acceptors (Lipinski definition) is 4. The Labute approximate surface area is 161 Å². The standard InChI is InChI=1S/C21H42N2O3/c1-18(2)25-16-9-6-5-8-14-23-15-11-12-20(23)21(24)22-13-7-10-17-26-19(3)4/h18-20H,5-17H2,1-4H3,(H,22,24). The topological polar surface area (TPSA) is 50.8 Å². The van der Waals surface area contributed by atoms with Crippen LogP contribution in [0.3, 0.4) is 0 Å². The number of carbonyl (C=O) groups excluding carboxylic acids is 1. The van der Waals surface area contributed by atoms with Crippen molar-refractivity contribution in [2.75, 3.05) is 32.8 Å². The van der Waals surface area contributed by atoms with E-state index < -0.39 is 0 Å². The Balaban J connectivity index is 2.07. The Morgan fingerprint density at radius 2 is 1.58 bits per heavy atom. The fourth-order valence-electron chi connectivity index (χ4n) is 3.36. The molecule has 1 aliphatic heterocycles. The van der Waals surface area contributed by atoms with Crippen molar-refractivity contribution in [2.45, 2.75) is 97.3 Å². The van der Waals surface area contributed by atoms with Crippen LogP contribution in [-0.2, 0) is 14.3 Å². The summed E-state index contributed by atoms with van der Waals surface area (Å²) in [6.45, 7) is 12.8. The lowest BCUT2D eigenvalue weighted by Crippen LogP contribution is -2.43. The molecular weight excluding hydrogens is 328 g/mol.